The van der Waals surface area contributed by atoms with Crippen molar-refractivity contribution in [2.45, 2.75) is 11.8 Å². The van der Waals surface area contributed by atoms with Crippen molar-refractivity contribution >= 4 is 15.9 Å². The maximum absolute atomic E-state index is 12.4. The molecule has 0 saturated carbocycles. The van der Waals surface area contributed by atoms with E-state index in [1.54, 1.807) is 13.0 Å². The van der Waals surface area contributed by atoms with Crippen molar-refractivity contribution in [3.05, 3.63) is 42.0 Å². The number of aryl methyl sites for hydroxylation is 1. The first kappa shape index (κ1) is 16.4. The molecule has 1 rings (SSSR count). The number of carbonyl (C=O) groups excluding carboxylic acids is 1. The molecule has 1 aromatic carbocycles. The van der Waals surface area contributed by atoms with Gasteiger partial charge in [-0.25, -0.2) is 13.6 Å². The maximum Gasteiger partial charge on any atom is 0.255 e. The Kier molecular flexibility index (Phi) is 5.43. The first-order valence-corrected chi connectivity index (χ1v) is 7.50. The van der Waals surface area contributed by atoms with Crippen LogP contribution in [0.1, 0.15) is 15.9 Å². The molecule has 7 heteroatoms. The molecule has 0 bridgehead atoms. The highest BCUT2D eigenvalue weighted by molar-refractivity contribution is 7.89. The Morgan fingerprint density at radius 1 is 1.50 bits per heavy atom. The first-order chi connectivity index (χ1) is 9.31. The van der Waals surface area contributed by atoms with E-state index in [2.05, 4.69) is 6.58 Å². The number of sulfonamides is 1. The number of nitrogens with two attached hydrogens (primary N) is 1. The van der Waals surface area contributed by atoms with Crippen LogP contribution in [0.25, 0.3) is 0 Å². The quantitative estimate of drug-likeness (QED) is 0.736. The number of aliphatic hydroxyl groups is 1. The van der Waals surface area contributed by atoms with Crippen molar-refractivity contribution in [1.82, 2.24) is 4.90 Å². The largest absolute Gasteiger partial charge is 0.395 e. The lowest BCUT2D eigenvalue weighted by Gasteiger charge is -2.21. The normalized spacial score (nSPS) is 11.2. The van der Waals surface area contributed by atoms with Crippen LogP contribution in [0.15, 0.2) is 35.7 Å². The Balaban J connectivity index is 3.32. The molecule has 20 heavy (non-hydrogen) atoms. The van der Waals surface area contributed by atoms with E-state index in [0.717, 1.165) is 5.56 Å². The number of hydrogen-bond acceptors (Lipinski definition) is 4. The fourth-order valence-corrected chi connectivity index (χ4v) is 2.49. The summed E-state index contributed by atoms with van der Waals surface area (Å²) in [7, 11) is -3.99. The minimum atomic E-state index is -3.99. The summed E-state index contributed by atoms with van der Waals surface area (Å²) in [6.07, 6.45) is 1.50. The lowest BCUT2D eigenvalue weighted by atomic mass is 10.1. The molecule has 0 spiro atoms. The molecule has 0 atom stereocenters. The summed E-state index contributed by atoms with van der Waals surface area (Å²) in [4.78, 5) is 13.5. The molecule has 3 N–H and O–H groups in total. The molecule has 0 aliphatic heterocycles. The van der Waals surface area contributed by atoms with Crippen molar-refractivity contribution in [2.24, 2.45) is 5.14 Å². The Bertz CT molecular complexity index is 611. The van der Waals surface area contributed by atoms with Gasteiger partial charge in [-0.15, -0.1) is 6.58 Å². The van der Waals surface area contributed by atoms with Gasteiger partial charge in [-0.1, -0.05) is 17.7 Å². The van der Waals surface area contributed by atoms with Gasteiger partial charge in [0.1, 0.15) is 0 Å². The van der Waals surface area contributed by atoms with Gasteiger partial charge < -0.3 is 10.0 Å². The standard InChI is InChI=1S/C13H18N2O4S/c1-3-6-15(7-8-16)13(17)11-9-10(2)4-5-12(11)20(14,18)19/h3-5,9,16H,1,6-8H2,2H3,(H2,14,18,19). The van der Waals surface area contributed by atoms with E-state index in [0.29, 0.717) is 0 Å². The zero-order valence-electron chi connectivity index (χ0n) is 11.2. The number of primary sulfonamides is 1. The molecule has 0 aliphatic carbocycles. The highest BCUT2D eigenvalue weighted by Crippen LogP contribution is 2.18. The van der Waals surface area contributed by atoms with Crippen LogP contribution in [0.2, 0.25) is 0 Å². The summed E-state index contributed by atoms with van der Waals surface area (Å²) < 4.78 is 23.1. The summed E-state index contributed by atoms with van der Waals surface area (Å²) in [5.41, 5.74) is 0.742. The molecular weight excluding hydrogens is 280 g/mol. The lowest BCUT2D eigenvalue weighted by molar-refractivity contribution is 0.0739. The van der Waals surface area contributed by atoms with Crippen LogP contribution < -0.4 is 5.14 Å². The van der Waals surface area contributed by atoms with Crippen LogP contribution in [0.4, 0.5) is 0 Å². The first-order valence-electron chi connectivity index (χ1n) is 5.95. The predicted molar refractivity (Wildman–Crippen MR) is 75.7 cm³/mol. The van der Waals surface area contributed by atoms with Gasteiger partial charge in [0.2, 0.25) is 10.0 Å². The third kappa shape index (κ3) is 3.89. The zero-order chi connectivity index (χ0) is 15.3. The van der Waals surface area contributed by atoms with Gasteiger partial charge in [-0.05, 0) is 19.1 Å². The summed E-state index contributed by atoms with van der Waals surface area (Å²) in [6.45, 7) is 5.34. The van der Waals surface area contributed by atoms with E-state index in [1.807, 2.05) is 0 Å². The Morgan fingerprint density at radius 3 is 2.65 bits per heavy atom. The SMILES string of the molecule is C=CCN(CCO)C(=O)c1cc(C)ccc1S(N)(=O)=O. The second kappa shape index (κ2) is 6.65. The number of nitrogens with zero attached hydrogens (tertiary/aromatic N) is 1. The predicted octanol–water partition coefficient (Wildman–Crippen LogP) is 0.263. The molecule has 0 aliphatic rings. The molecule has 6 nitrogen and oxygen atoms in total. The summed E-state index contributed by atoms with van der Waals surface area (Å²) in [5.74, 6) is -0.508. The second-order valence-corrected chi connectivity index (χ2v) is 5.84. The molecule has 0 aromatic heterocycles. The average Bonchev–Trinajstić information content (AvgIpc) is 2.36. The van der Waals surface area contributed by atoms with E-state index in [-0.39, 0.29) is 30.2 Å². The van der Waals surface area contributed by atoms with Gasteiger partial charge in [0, 0.05) is 13.1 Å². The molecule has 110 valence electrons. The van der Waals surface area contributed by atoms with Gasteiger partial charge in [-0.3, -0.25) is 4.79 Å². The smallest absolute Gasteiger partial charge is 0.255 e. The van der Waals surface area contributed by atoms with E-state index >= 15 is 0 Å². The average molecular weight is 298 g/mol. The van der Waals surface area contributed by atoms with Gasteiger partial charge >= 0.3 is 0 Å². The minimum absolute atomic E-state index is 0.00259. The van der Waals surface area contributed by atoms with Crippen LogP contribution in [0.5, 0.6) is 0 Å². The second-order valence-electron chi connectivity index (χ2n) is 4.31. The molecule has 0 radical (unpaired) electrons. The number of amides is 1. The Labute approximate surface area is 118 Å². The van der Waals surface area contributed by atoms with Crippen LogP contribution in [0.3, 0.4) is 0 Å². The topological polar surface area (TPSA) is 101 Å². The van der Waals surface area contributed by atoms with Crippen LogP contribution in [0, 0.1) is 6.92 Å². The van der Waals surface area contributed by atoms with E-state index < -0.39 is 15.9 Å². The summed E-state index contributed by atoms with van der Waals surface area (Å²) >= 11 is 0. The van der Waals surface area contributed by atoms with Crippen LogP contribution >= 0.6 is 0 Å². The molecule has 0 unspecified atom stereocenters. The van der Waals surface area contributed by atoms with E-state index in [9.17, 15) is 13.2 Å². The molecule has 0 saturated heterocycles. The number of carbonyl (C=O) groups is 1. The molecule has 0 heterocycles. The molecule has 0 fully saturated rings. The number of rotatable bonds is 6. The van der Waals surface area contributed by atoms with E-state index in [1.165, 1.54) is 23.1 Å². The Morgan fingerprint density at radius 2 is 2.15 bits per heavy atom. The summed E-state index contributed by atoms with van der Waals surface area (Å²) in [5, 5.41) is 14.1. The van der Waals surface area contributed by atoms with Gasteiger partial charge in [0.15, 0.2) is 0 Å². The Hall–Kier alpha value is -1.70. The highest BCUT2D eigenvalue weighted by atomic mass is 32.2. The highest BCUT2D eigenvalue weighted by Gasteiger charge is 2.23. The van der Waals surface area contributed by atoms with Crippen LogP contribution in [-0.2, 0) is 10.0 Å². The third-order valence-electron chi connectivity index (χ3n) is 2.68. The number of benzene rings is 1. The van der Waals surface area contributed by atoms with Crippen molar-refractivity contribution in [3.63, 3.8) is 0 Å². The van der Waals surface area contributed by atoms with Crippen molar-refractivity contribution in [2.75, 3.05) is 19.7 Å². The van der Waals surface area contributed by atoms with Crippen molar-refractivity contribution in [3.8, 4) is 0 Å². The van der Waals surface area contributed by atoms with Gasteiger partial charge in [0.25, 0.3) is 5.91 Å². The number of aliphatic hydroxyl groups excluding tert-OH is 1. The zero-order valence-corrected chi connectivity index (χ0v) is 12.1. The fraction of sp³-hybridized carbons (Fsp3) is 0.308. The van der Waals surface area contributed by atoms with Crippen molar-refractivity contribution in [1.29, 1.82) is 0 Å². The third-order valence-corrected chi connectivity index (χ3v) is 3.65. The minimum Gasteiger partial charge on any atom is -0.395 e. The maximum atomic E-state index is 12.4. The lowest BCUT2D eigenvalue weighted by Crippen LogP contribution is -2.35. The van der Waals surface area contributed by atoms with E-state index in [4.69, 9.17) is 10.2 Å². The monoisotopic (exact) mass is 298 g/mol. The summed E-state index contributed by atoms with van der Waals surface area (Å²) in [6, 6.07) is 4.35. The van der Waals surface area contributed by atoms with Crippen molar-refractivity contribution < 1.29 is 18.3 Å². The van der Waals surface area contributed by atoms with Gasteiger partial charge in [-0.2, -0.15) is 0 Å². The van der Waals surface area contributed by atoms with Crippen LogP contribution in [-0.4, -0.2) is 44.0 Å². The van der Waals surface area contributed by atoms with Gasteiger partial charge in [0.05, 0.1) is 17.1 Å². The molecular formula is C13H18N2O4S. The number of hydrogen-bond donors (Lipinski definition) is 2. The fourth-order valence-electron chi connectivity index (χ4n) is 1.78. The molecule has 1 amide bonds. The molecule has 1 aromatic rings.